The number of thiophene rings is 1. The van der Waals surface area contributed by atoms with Gasteiger partial charge in [0.05, 0.1) is 28.8 Å². The molecule has 2 aliphatic heterocycles. The second-order valence-corrected chi connectivity index (χ2v) is 10.8. The van der Waals surface area contributed by atoms with Crippen LogP contribution in [0.15, 0.2) is 61.2 Å². The van der Waals surface area contributed by atoms with Crippen molar-refractivity contribution in [2.75, 3.05) is 23.7 Å². The molecule has 3 N–H and O–H groups in total. The van der Waals surface area contributed by atoms with Gasteiger partial charge in [-0.2, -0.15) is 9.49 Å². The largest absolute Gasteiger partial charge is 0.358 e. The van der Waals surface area contributed by atoms with Crippen LogP contribution in [-0.4, -0.2) is 38.2 Å². The number of rotatable bonds is 5. The summed E-state index contributed by atoms with van der Waals surface area (Å²) < 4.78 is 13.7. The van der Waals surface area contributed by atoms with E-state index in [1.54, 1.807) is 18.5 Å². The number of anilines is 2. The normalized spacial score (nSPS) is 17.5. The summed E-state index contributed by atoms with van der Waals surface area (Å²) >= 11 is 1.12. The first-order valence-electron chi connectivity index (χ1n) is 12.6. The molecule has 0 saturated carbocycles. The van der Waals surface area contributed by atoms with Crippen LogP contribution in [0.1, 0.15) is 36.7 Å². The molecule has 1 unspecified atom stereocenters. The molecule has 5 aromatic rings. The number of pyridine rings is 2. The Morgan fingerprint density at radius 1 is 0.919 bits per heavy atom. The number of fused-ring (bicyclic) bond motifs is 2. The maximum atomic E-state index is 13.7. The topological polar surface area (TPSA) is 81.8 Å². The number of piperidine rings is 1. The molecule has 4 aromatic heterocycles. The van der Waals surface area contributed by atoms with E-state index in [0.29, 0.717) is 0 Å². The highest BCUT2D eigenvalue weighted by Gasteiger charge is 2.27. The van der Waals surface area contributed by atoms with Gasteiger partial charge in [-0.25, -0.2) is 0 Å². The molecular formula is C28H26FN7S. The molecule has 0 spiro atoms. The Hall–Kier alpha value is -3.82. The van der Waals surface area contributed by atoms with Gasteiger partial charge in [0.1, 0.15) is 6.17 Å². The van der Waals surface area contributed by atoms with Crippen molar-refractivity contribution in [1.82, 2.24) is 25.1 Å². The number of H-pyrrole nitrogens is 1. The van der Waals surface area contributed by atoms with E-state index in [-0.39, 0.29) is 11.3 Å². The monoisotopic (exact) mass is 511 g/mol. The average molecular weight is 512 g/mol. The number of aromatic nitrogens is 4. The summed E-state index contributed by atoms with van der Waals surface area (Å²) in [5, 5.41) is 15.7. The second kappa shape index (κ2) is 9.24. The lowest BCUT2D eigenvalue weighted by atomic mass is 10.0. The molecule has 7 rings (SSSR count). The van der Waals surface area contributed by atoms with Crippen LogP contribution in [0.2, 0.25) is 0 Å². The first-order chi connectivity index (χ1) is 18.2. The highest BCUT2D eigenvalue weighted by Crippen LogP contribution is 2.44. The molecule has 37 heavy (non-hydrogen) atoms. The lowest BCUT2D eigenvalue weighted by Gasteiger charge is -2.26. The number of hydrogen-bond donors (Lipinski definition) is 3. The summed E-state index contributed by atoms with van der Waals surface area (Å²) in [7, 11) is 0. The summed E-state index contributed by atoms with van der Waals surface area (Å²) in [6.07, 6.45) is 11.2. The van der Waals surface area contributed by atoms with Gasteiger partial charge in [-0.15, -0.1) is 11.3 Å². The maximum Gasteiger partial charge on any atom is 0.176 e. The van der Waals surface area contributed by atoms with Crippen LogP contribution in [0.5, 0.6) is 0 Å². The van der Waals surface area contributed by atoms with E-state index in [4.69, 9.17) is 0 Å². The fourth-order valence-electron chi connectivity index (χ4n) is 5.39. The Kier molecular flexibility index (Phi) is 5.59. The first-order valence-corrected chi connectivity index (χ1v) is 13.4. The standard InChI is InChI=1S/C28H26FN7S/c29-25-7-6-24(37-25)21-14-31-15-23-26(21)33-28(32-23)27-20-11-18(4-5-22(20)34-35-27)19-10-17(12-30-13-19)16-36-8-2-1-3-9-36/h4-7,10-15,28,32-33H,1-3,8-9,16H2,(H,34,35). The third-order valence-corrected chi connectivity index (χ3v) is 8.14. The molecule has 1 fully saturated rings. The van der Waals surface area contributed by atoms with Crippen molar-refractivity contribution in [1.29, 1.82) is 0 Å². The zero-order valence-electron chi connectivity index (χ0n) is 20.2. The predicted molar refractivity (Wildman–Crippen MR) is 146 cm³/mol. The minimum Gasteiger partial charge on any atom is -0.358 e. The van der Waals surface area contributed by atoms with E-state index in [0.717, 1.165) is 80.5 Å². The Morgan fingerprint density at radius 2 is 1.81 bits per heavy atom. The Morgan fingerprint density at radius 3 is 2.68 bits per heavy atom. The molecule has 0 amide bonds. The van der Waals surface area contributed by atoms with E-state index >= 15 is 0 Å². The highest BCUT2D eigenvalue weighted by molar-refractivity contribution is 7.14. The third kappa shape index (κ3) is 4.24. The Bertz CT molecular complexity index is 1590. The molecule has 0 bridgehead atoms. The summed E-state index contributed by atoms with van der Waals surface area (Å²) in [6, 6.07) is 11.9. The summed E-state index contributed by atoms with van der Waals surface area (Å²) in [5.41, 5.74) is 7.96. The summed E-state index contributed by atoms with van der Waals surface area (Å²) in [6.45, 7) is 3.27. The zero-order chi connectivity index (χ0) is 24.8. The van der Waals surface area contributed by atoms with Gasteiger partial charge in [0.15, 0.2) is 5.13 Å². The third-order valence-electron chi connectivity index (χ3n) is 7.23. The molecule has 1 saturated heterocycles. The van der Waals surface area contributed by atoms with Crippen LogP contribution in [0.25, 0.3) is 32.5 Å². The number of likely N-dealkylation sites (tertiary alicyclic amines) is 1. The van der Waals surface area contributed by atoms with Gasteiger partial charge >= 0.3 is 0 Å². The van der Waals surface area contributed by atoms with Crippen molar-refractivity contribution < 1.29 is 4.39 Å². The average Bonchev–Trinajstić information content (AvgIpc) is 3.66. The molecule has 9 heteroatoms. The second-order valence-electron chi connectivity index (χ2n) is 9.72. The number of aromatic amines is 1. The quantitative estimate of drug-likeness (QED) is 0.253. The number of halogens is 1. The van der Waals surface area contributed by atoms with Gasteiger partial charge in [0.25, 0.3) is 0 Å². The first kappa shape index (κ1) is 22.4. The van der Waals surface area contributed by atoms with Crippen LogP contribution in [0, 0.1) is 5.13 Å². The van der Waals surface area contributed by atoms with Gasteiger partial charge in [-0.05, 0) is 67.4 Å². The van der Waals surface area contributed by atoms with Gasteiger partial charge in [0, 0.05) is 46.5 Å². The highest BCUT2D eigenvalue weighted by atomic mass is 32.1. The number of hydrogen-bond acceptors (Lipinski definition) is 7. The minimum atomic E-state index is -0.216. The van der Waals surface area contributed by atoms with E-state index in [9.17, 15) is 4.39 Å². The van der Waals surface area contributed by atoms with Crippen LogP contribution in [-0.2, 0) is 6.54 Å². The lowest BCUT2D eigenvalue weighted by Crippen LogP contribution is -2.29. The van der Waals surface area contributed by atoms with E-state index in [1.165, 1.54) is 30.9 Å². The maximum absolute atomic E-state index is 13.7. The van der Waals surface area contributed by atoms with Crippen molar-refractivity contribution >= 4 is 33.6 Å². The van der Waals surface area contributed by atoms with Crippen LogP contribution in [0.3, 0.4) is 0 Å². The smallest absolute Gasteiger partial charge is 0.176 e. The molecule has 6 heterocycles. The van der Waals surface area contributed by atoms with Gasteiger partial charge in [0.2, 0.25) is 0 Å². The zero-order valence-corrected chi connectivity index (χ0v) is 21.0. The van der Waals surface area contributed by atoms with Gasteiger partial charge in [-0.3, -0.25) is 20.0 Å². The molecule has 0 radical (unpaired) electrons. The molecule has 1 aromatic carbocycles. The van der Waals surface area contributed by atoms with E-state index < -0.39 is 0 Å². The molecule has 2 aliphatic rings. The SMILES string of the molecule is Fc1ccc(-c2cncc3c2NC(c2[nH]nc4ccc(-c5cncc(CN6CCCCC6)c5)cc24)N3)s1. The van der Waals surface area contributed by atoms with Gasteiger partial charge < -0.3 is 10.6 Å². The van der Waals surface area contributed by atoms with Crippen LogP contribution < -0.4 is 10.6 Å². The number of nitrogens with one attached hydrogen (secondary N) is 3. The van der Waals surface area contributed by atoms with E-state index in [2.05, 4.69) is 53.9 Å². The van der Waals surface area contributed by atoms with E-state index in [1.807, 2.05) is 18.5 Å². The lowest BCUT2D eigenvalue weighted by molar-refractivity contribution is 0.220. The van der Waals surface area contributed by atoms with Crippen molar-refractivity contribution in [3.8, 4) is 21.6 Å². The van der Waals surface area contributed by atoms with Crippen molar-refractivity contribution in [3.05, 3.63) is 77.6 Å². The van der Waals surface area contributed by atoms with Gasteiger partial charge in [-0.1, -0.05) is 12.5 Å². The van der Waals surface area contributed by atoms with Crippen LogP contribution >= 0.6 is 11.3 Å². The van der Waals surface area contributed by atoms with Crippen molar-refractivity contribution in [3.63, 3.8) is 0 Å². The number of benzene rings is 1. The molecule has 0 aliphatic carbocycles. The summed E-state index contributed by atoms with van der Waals surface area (Å²) in [5.74, 6) is 0. The number of nitrogens with zero attached hydrogens (tertiary/aromatic N) is 4. The minimum absolute atomic E-state index is 0.211. The molecule has 1 atom stereocenters. The van der Waals surface area contributed by atoms with Crippen molar-refractivity contribution in [2.24, 2.45) is 0 Å². The fourth-order valence-corrected chi connectivity index (χ4v) is 6.14. The Balaban J connectivity index is 1.18. The molecular weight excluding hydrogens is 485 g/mol. The van der Waals surface area contributed by atoms with Crippen LogP contribution in [0.4, 0.5) is 15.8 Å². The fraction of sp³-hybridized carbons (Fsp3) is 0.250. The molecule has 186 valence electrons. The molecule has 7 nitrogen and oxygen atoms in total. The summed E-state index contributed by atoms with van der Waals surface area (Å²) in [4.78, 5) is 12.3. The van der Waals surface area contributed by atoms with Crippen molar-refractivity contribution in [2.45, 2.75) is 32.0 Å². The Labute approximate surface area is 217 Å². The predicted octanol–water partition coefficient (Wildman–Crippen LogP) is 6.41.